The monoisotopic (exact) mass is 620 g/mol. The second-order valence-corrected chi connectivity index (χ2v) is 12.2. The highest BCUT2D eigenvalue weighted by Gasteiger charge is 2.25. The molecule has 3 aromatic rings. The SMILES string of the molecule is COc1c(NC(=O)OCCN(C)C)cc(C(C)(C)C)cc1NC(=O)C(=O)c1ccc(OCCN2CCOCC2)c2ccccc12. The van der Waals surface area contributed by atoms with Crippen LogP contribution >= 0.6 is 0 Å². The Hall–Kier alpha value is -4.19. The summed E-state index contributed by atoms with van der Waals surface area (Å²) in [6, 6.07) is 14.2. The molecule has 2 amide bonds. The number of ketones is 1. The first-order chi connectivity index (χ1) is 21.5. The molecule has 0 spiro atoms. The van der Waals surface area contributed by atoms with Crippen molar-refractivity contribution in [3.8, 4) is 11.5 Å². The second-order valence-electron chi connectivity index (χ2n) is 12.2. The van der Waals surface area contributed by atoms with E-state index in [1.54, 1.807) is 30.3 Å². The minimum absolute atomic E-state index is 0.197. The Bertz CT molecular complexity index is 1510. The third-order valence-electron chi connectivity index (χ3n) is 7.52. The topological polar surface area (TPSA) is 119 Å². The van der Waals surface area contributed by atoms with Crippen molar-refractivity contribution in [1.29, 1.82) is 0 Å². The lowest BCUT2D eigenvalue weighted by Gasteiger charge is -2.26. The van der Waals surface area contributed by atoms with E-state index >= 15 is 0 Å². The van der Waals surface area contributed by atoms with Gasteiger partial charge in [-0.2, -0.15) is 0 Å². The fourth-order valence-electron chi connectivity index (χ4n) is 4.94. The number of nitrogens with zero attached hydrogens (tertiary/aromatic N) is 2. The summed E-state index contributed by atoms with van der Waals surface area (Å²) < 4.78 is 22.4. The third-order valence-corrected chi connectivity index (χ3v) is 7.52. The zero-order valence-corrected chi connectivity index (χ0v) is 27.0. The number of nitrogens with one attached hydrogen (secondary N) is 2. The number of methoxy groups -OCH3 is 1. The van der Waals surface area contributed by atoms with Crippen molar-refractivity contribution in [2.75, 3.05) is 84.4 Å². The van der Waals surface area contributed by atoms with E-state index in [0.29, 0.717) is 30.0 Å². The first-order valence-electron chi connectivity index (χ1n) is 15.1. The summed E-state index contributed by atoms with van der Waals surface area (Å²) in [5, 5.41) is 6.81. The fourth-order valence-corrected chi connectivity index (χ4v) is 4.94. The average Bonchev–Trinajstić information content (AvgIpc) is 3.00. The lowest BCUT2D eigenvalue weighted by molar-refractivity contribution is -0.112. The number of carbonyl (C=O) groups is 3. The van der Waals surface area contributed by atoms with Gasteiger partial charge in [0.15, 0.2) is 5.75 Å². The Kier molecular flexibility index (Phi) is 11.4. The van der Waals surface area contributed by atoms with E-state index in [0.717, 1.165) is 43.8 Å². The summed E-state index contributed by atoms with van der Waals surface area (Å²) in [5.41, 5.74) is 1.26. The zero-order chi connectivity index (χ0) is 32.6. The maximum atomic E-state index is 13.6. The summed E-state index contributed by atoms with van der Waals surface area (Å²) >= 11 is 0. The summed E-state index contributed by atoms with van der Waals surface area (Å²) in [4.78, 5) is 43.8. The molecule has 242 valence electrons. The Balaban J connectivity index is 1.56. The highest BCUT2D eigenvalue weighted by molar-refractivity contribution is 6.48. The van der Waals surface area contributed by atoms with Crippen LogP contribution in [0.2, 0.25) is 0 Å². The molecule has 0 bridgehead atoms. The Morgan fingerprint density at radius 1 is 0.933 bits per heavy atom. The van der Waals surface area contributed by atoms with Gasteiger partial charge in [-0.25, -0.2) is 4.79 Å². The molecule has 11 nitrogen and oxygen atoms in total. The Labute approximate surface area is 264 Å². The lowest BCUT2D eigenvalue weighted by atomic mass is 9.86. The second kappa shape index (κ2) is 15.2. The first-order valence-corrected chi connectivity index (χ1v) is 15.1. The van der Waals surface area contributed by atoms with E-state index in [1.807, 2.05) is 58.0 Å². The molecule has 1 saturated heterocycles. The molecule has 1 heterocycles. The lowest BCUT2D eigenvalue weighted by Crippen LogP contribution is -2.38. The number of amides is 2. The highest BCUT2D eigenvalue weighted by Crippen LogP contribution is 2.39. The van der Waals surface area contributed by atoms with Gasteiger partial charge in [-0.3, -0.25) is 19.8 Å². The van der Waals surface area contributed by atoms with Crippen LogP contribution in [-0.2, 0) is 19.7 Å². The number of anilines is 2. The number of hydrogen-bond acceptors (Lipinski definition) is 9. The normalized spacial score (nSPS) is 13.8. The van der Waals surface area contributed by atoms with Crippen molar-refractivity contribution in [2.24, 2.45) is 0 Å². The van der Waals surface area contributed by atoms with Crippen LogP contribution in [0.25, 0.3) is 10.8 Å². The summed E-state index contributed by atoms with van der Waals surface area (Å²) in [5.74, 6) is -0.719. The first kappa shape index (κ1) is 33.7. The number of morpholine rings is 1. The van der Waals surface area contributed by atoms with Crippen molar-refractivity contribution in [3.05, 3.63) is 59.7 Å². The van der Waals surface area contributed by atoms with Crippen LogP contribution in [0.3, 0.4) is 0 Å². The fraction of sp³-hybridized carbons (Fsp3) is 0.441. The maximum Gasteiger partial charge on any atom is 0.411 e. The predicted molar refractivity (Wildman–Crippen MR) is 175 cm³/mol. The molecular weight excluding hydrogens is 576 g/mol. The van der Waals surface area contributed by atoms with Gasteiger partial charge >= 0.3 is 6.09 Å². The minimum Gasteiger partial charge on any atom is -0.492 e. The number of carbonyl (C=O) groups excluding carboxylic acids is 3. The van der Waals surface area contributed by atoms with Crippen LogP contribution in [0.5, 0.6) is 11.5 Å². The standard InChI is InChI=1S/C34H44N4O7/c1-34(2,3)23-21-27(31(42-6)28(22-23)36-33(41)45-19-13-37(4)5)35-32(40)30(39)26-11-12-29(25-10-8-7-9-24(25)26)44-20-16-38-14-17-43-18-15-38/h7-12,21-22H,13-20H2,1-6H3,(H,35,40)(H,36,41). The number of hydrogen-bond donors (Lipinski definition) is 2. The largest absolute Gasteiger partial charge is 0.492 e. The van der Waals surface area contributed by atoms with Gasteiger partial charge in [-0.15, -0.1) is 0 Å². The number of ether oxygens (including phenoxy) is 4. The summed E-state index contributed by atoms with van der Waals surface area (Å²) in [7, 11) is 5.19. The molecule has 11 heteroatoms. The molecular formula is C34H44N4O7. The van der Waals surface area contributed by atoms with E-state index in [4.69, 9.17) is 18.9 Å². The van der Waals surface area contributed by atoms with Gasteiger partial charge in [0.2, 0.25) is 0 Å². The minimum atomic E-state index is -0.843. The molecule has 1 aliphatic rings. The van der Waals surface area contributed by atoms with Gasteiger partial charge in [0, 0.05) is 37.1 Å². The Morgan fingerprint density at radius 2 is 1.60 bits per heavy atom. The number of likely N-dealkylation sites (N-methyl/N-ethyl adjacent to an activating group) is 1. The molecule has 0 atom stereocenters. The van der Waals surface area contributed by atoms with E-state index in [2.05, 4.69) is 15.5 Å². The number of Topliss-reactive ketones (excluding diaryl/α,β-unsaturated/α-hetero) is 1. The summed E-state index contributed by atoms with van der Waals surface area (Å²) in [6.45, 7) is 11.2. The smallest absolute Gasteiger partial charge is 0.411 e. The van der Waals surface area contributed by atoms with Gasteiger partial charge in [0.25, 0.3) is 11.7 Å². The van der Waals surface area contributed by atoms with Crippen LogP contribution in [0.1, 0.15) is 36.7 Å². The van der Waals surface area contributed by atoms with Gasteiger partial charge in [0.1, 0.15) is 19.0 Å². The van der Waals surface area contributed by atoms with Crippen LogP contribution in [-0.4, -0.2) is 101 Å². The number of fused-ring (bicyclic) bond motifs is 1. The third kappa shape index (κ3) is 8.93. The molecule has 0 unspecified atom stereocenters. The van der Waals surface area contributed by atoms with Crippen molar-refractivity contribution in [1.82, 2.24) is 9.80 Å². The molecule has 45 heavy (non-hydrogen) atoms. The van der Waals surface area contributed by atoms with E-state index in [9.17, 15) is 14.4 Å². The zero-order valence-electron chi connectivity index (χ0n) is 27.0. The van der Waals surface area contributed by atoms with Crippen molar-refractivity contribution < 1.29 is 33.3 Å². The van der Waals surface area contributed by atoms with Crippen molar-refractivity contribution in [2.45, 2.75) is 26.2 Å². The predicted octanol–water partition coefficient (Wildman–Crippen LogP) is 4.79. The van der Waals surface area contributed by atoms with E-state index in [-0.39, 0.29) is 29.0 Å². The average molecular weight is 621 g/mol. The quantitative estimate of drug-likeness (QED) is 0.218. The van der Waals surface area contributed by atoms with Crippen LogP contribution in [0.15, 0.2) is 48.5 Å². The molecule has 3 aromatic carbocycles. The number of rotatable bonds is 12. The van der Waals surface area contributed by atoms with Crippen LogP contribution in [0.4, 0.5) is 16.2 Å². The molecule has 0 aromatic heterocycles. The summed E-state index contributed by atoms with van der Waals surface area (Å²) in [6.07, 6.45) is -0.659. The maximum absolute atomic E-state index is 13.6. The van der Waals surface area contributed by atoms with Crippen molar-refractivity contribution >= 4 is 39.9 Å². The van der Waals surface area contributed by atoms with Crippen LogP contribution in [0, 0.1) is 0 Å². The molecule has 0 saturated carbocycles. The van der Waals surface area contributed by atoms with Crippen LogP contribution < -0.4 is 20.1 Å². The number of benzene rings is 3. The van der Waals surface area contributed by atoms with E-state index < -0.39 is 17.8 Å². The molecule has 2 N–H and O–H groups in total. The van der Waals surface area contributed by atoms with Gasteiger partial charge in [-0.1, -0.05) is 45.0 Å². The molecule has 0 aliphatic carbocycles. The molecule has 0 radical (unpaired) electrons. The van der Waals surface area contributed by atoms with E-state index in [1.165, 1.54) is 7.11 Å². The van der Waals surface area contributed by atoms with Gasteiger partial charge < -0.3 is 29.2 Å². The van der Waals surface area contributed by atoms with Crippen molar-refractivity contribution in [3.63, 3.8) is 0 Å². The molecule has 1 aliphatic heterocycles. The Morgan fingerprint density at radius 3 is 2.24 bits per heavy atom. The molecule has 1 fully saturated rings. The van der Waals surface area contributed by atoms with Gasteiger partial charge in [-0.05, 0) is 54.7 Å². The highest BCUT2D eigenvalue weighted by atomic mass is 16.5. The molecule has 4 rings (SSSR count). The van der Waals surface area contributed by atoms with Gasteiger partial charge in [0.05, 0.1) is 31.7 Å².